The number of hydrogen-bond donors (Lipinski definition) is 2. The zero-order valence-electron chi connectivity index (χ0n) is 14.1. The first kappa shape index (κ1) is 16.2. The summed E-state index contributed by atoms with van der Waals surface area (Å²) in [7, 11) is 0. The Bertz CT molecular complexity index is 420. The molecule has 1 amide bonds. The molecule has 0 aromatic carbocycles. The van der Waals surface area contributed by atoms with Gasteiger partial charge in [-0.25, -0.2) is 0 Å². The van der Waals surface area contributed by atoms with E-state index in [-0.39, 0.29) is 5.25 Å². The molecule has 5 heteroatoms. The number of amides is 1. The molecule has 23 heavy (non-hydrogen) atoms. The van der Waals surface area contributed by atoms with Crippen molar-refractivity contribution >= 4 is 17.7 Å². The van der Waals surface area contributed by atoms with E-state index in [1.165, 1.54) is 44.9 Å². The molecule has 0 aromatic heterocycles. The highest BCUT2D eigenvalue weighted by Crippen LogP contribution is 2.33. The fourth-order valence-electron chi connectivity index (χ4n) is 5.13. The summed E-state index contributed by atoms with van der Waals surface area (Å²) >= 11 is 1.84. The Kier molecular flexibility index (Phi) is 5.16. The van der Waals surface area contributed by atoms with Gasteiger partial charge in [-0.3, -0.25) is 15.0 Å². The number of rotatable bonds is 3. The Hall–Kier alpha value is -0.260. The maximum absolute atomic E-state index is 12.4. The number of hydrogen-bond acceptors (Lipinski definition) is 4. The van der Waals surface area contributed by atoms with Crippen molar-refractivity contribution in [1.29, 1.82) is 0 Å². The van der Waals surface area contributed by atoms with Gasteiger partial charge in [0.25, 0.3) is 0 Å². The lowest BCUT2D eigenvalue weighted by atomic mass is 9.85. The van der Waals surface area contributed by atoms with Gasteiger partial charge in [0.05, 0.1) is 5.25 Å². The SMILES string of the molecule is O=C(NC1CCC2C(C1)NCN2C1CCCCC1)C1CCCS1. The standard InChI is InChI=1S/C18H31N3OS/c22-18(17-7-4-10-23-17)20-13-8-9-16-15(11-13)19-12-21(16)14-5-2-1-3-6-14/h13-17,19H,1-12H2,(H,20,22). The fraction of sp³-hybridized carbons (Fsp3) is 0.944. The normalized spacial score (nSPS) is 39.3. The molecule has 4 unspecified atom stereocenters. The van der Waals surface area contributed by atoms with Crippen LogP contribution in [0.4, 0.5) is 0 Å². The third-order valence-electron chi connectivity index (χ3n) is 6.39. The first-order valence-electron chi connectivity index (χ1n) is 9.72. The summed E-state index contributed by atoms with van der Waals surface area (Å²) in [6, 6.07) is 2.51. The minimum absolute atomic E-state index is 0.225. The molecule has 4 atom stereocenters. The highest BCUT2D eigenvalue weighted by atomic mass is 32.2. The van der Waals surface area contributed by atoms with Gasteiger partial charge in [-0.05, 0) is 50.7 Å². The van der Waals surface area contributed by atoms with Crippen molar-refractivity contribution in [3.8, 4) is 0 Å². The molecule has 2 aliphatic heterocycles. The van der Waals surface area contributed by atoms with E-state index in [0.29, 0.717) is 24.0 Å². The molecule has 4 rings (SSSR count). The molecule has 2 heterocycles. The summed E-state index contributed by atoms with van der Waals surface area (Å²) < 4.78 is 0. The zero-order chi connectivity index (χ0) is 15.6. The van der Waals surface area contributed by atoms with E-state index in [4.69, 9.17) is 0 Å². The zero-order valence-corrected chi connectivity index (χ0v) is 15.0. The minimum atomic E-state index is 0.225. The maximum Gasteiger partial charge on any atom is 0.233 e. The van der Waals surface area contributed by atoms with Gasteiger partial charge < -0.3 is 5.32 Å². The molecular weight excluding hydrogens is 306 g/mol. The van der Waals surface area contributed by atoms with Gasteiger partial charge in [0.2, 0.25) is 5.91 Å². The van der Waals surface area contributed by atoms with E-state index in [9.17, 15) is 4.79 Å². The van der Waals surface area contributed by atoms with Crippen LogP contribution in [0, 0.1) is 0 Å². The smallest absolute Gasteiger partial charge is 0.233 e. The lowest BCUT2D eigenvalue weighted by molar-refractivity contribution is -0.121. The van der Waals surface area contributed by atoms with Crippen LogP contribution in [0.3, 0.4) is 0 Å². The number of fused-ring (bicyclic) bond motifs is 1. The van der Waals surface area contributed by atoms with Crippen LogP contribution in [0.5, 0.6) is 0 Å². The van der Waals surface area contributed by atoms with Gasteiger partial charge in [0.1, 0.15) is 0 Å². The van der Waals surface area contributed by atoms with Crippen LogP contribution < -0.4 is 10.6 Å². The van der Waals surface area contributed by atoms with E-state index in [1.54, 1.807) is 0 Å². The number of nitrogens with zero attached hydrogens (tertiary/aromatic N) is 1. The number of nitrogens with one attached hydrogen (secondary N) is 2. The van der Waals surface area contributed by atoms with Gasteiger partial charge in [0.15, 0.2) is 0 Å². The lowest BCUT2D eigenvalue weighted by Gasteiger charge is -2.40. The monoisotopic (exact) mass is 337 g/mol. The van der Waals surface area contributed by atoms with Crippen molar-refractivity contribution in [1.82, 2.24) is 15.5 Å². The lowest BCUT2D eigenvalue weighted by Crippen LogP contribution is -2.51. The molecule has 130 valence electrons. The largest absolute Gasteiger partial charge is 0.352 e. The van der Waals surface area contributed by atoms with E-state index in [0.717, 1.165) is 37.7 Å². The van der Waals surface area contributed by atoms with Gasteiger partial charge >= 0.3 is 0 Å². The van der Waals surface area contributed by atoms with E-state index >= 15 is 0 Å². The maximum atomic E-state index is 12.4. The topological polar surface area (TPSA) is 44.4 Å². The molecule has 0 radical (unpaired) electrons. The molecule has 0 aromatic rings. The first-order valence-corrected chi connectivity index (χ1v) is 10.8. The molecule has 2 aliphatic carbocycles. The number of carbonyl (C=O) groups excluding carboxylic acids is 1. The fourth-order valence-corrected chi connectivity index (χ4v) is 6.30. The Labute approximate surface area is 144 Å². The van der Waals surface area contributed by atoms with Crippen molar-refractivity contribution in [3.63, 3.8) is 0 Å². The third-order valence-corrected chi connectivity index (χ3v) is 7.76. The Morgan fingerprint density at radius 3 is 2.70 bits per heavy atom. The first-order chi connectivity index (χ1) is 11.3. The third kappa shape index (κ3) is 3.57. The average Bonchev–Trinajstić information content (AvgIpc) is 3.25. The molecule has 0 bridgehead atoms. The molecule has 2 saturated heterocycles. The van der Waals surface area contributed by atoms with Crippen LogP contribution in [-0.2, 0) is 4.79 Å². The van der Waals surface area contributed by atoms with Gasteiger partial charge in [-0.1, -0.05) is 19.3 Å². The molecule has 2 N–H and O–H groups in total. The van der Waals surface area contributed by atoms with Crippen LogP contribution in [0.2, 0.25) is 0 Å². The predicted molar refractivity (Wildman–Crippen MR) is 95.6 cm³/mol. The van der Waals surface area contributed by atoms with Gasteiger partial charge in [-0.15, -0.1) is 11.8 Å². The average molecular weight is 338 g/mol. The van der Waals surface area contributed by atoms with Crippen molar-refractivity contribution < 1.29 is 4.79 Å². The number of carbonyl (C=O) groups is 1. The molecule has 0 spiro atoms. The van der Waals surface area contributed by atoms with Crippen LogP contribution >= 0.6 is 11.8 Å². The van der Waals surface area contributed by atoms with Crippen molar-refractivity contribution in [2.75, 3.05) is 12.4 Å². The number of thioether (sulfide) groups is 1. The highest BCUT2D eigenvalue weighted by molar-refractivity contribution is 8.00. The van der Waals surface area contributed by atoms with Crippen LogP contribution in [-0.4, -0.2) is 52.6 Å². The van der Waals surface area contributed by atoms with Crippen LogP contribution in [0.1, 0.15) is 64.2 Å². The molecule has 4 aliphatic rings. The van der Waals surface area contributed by atoms with Crippen molar-refractivity contribution in [3.05, 3.63) is 0 Å². The van der Waals surface area contributed by atoms with E-state index < -0.39 is 0 Å². The second-order valence-electron chi connectivity index (χ2n) is 7.86. The van der Waals surface area contributed by atoms with Crippen LogP contribution in [0.15, 0.2) is 0 Å². The van der Waals surface area contributed by atoms with E-state index in [2.05, 4.69) is 15.5 Å². The minimum Gasteiger partial charge on any atom is -0.352 e. The summed E-state index contributed by atoms with van der Waals surface area (Å²) in [5.41, 5.74) is 0. The molecule has 4 nitrogen and oxygen atoms in total. The second kappa shape index (κ2) is 7.32. The Morgan fingerprint density at radius 1 is 1.04 bits per heavy atom. The van der Waals surface area contributed by atoms with E-state index in [1.807, 2.05) is 11.8 Å². The second-order valence-corrected chi connectivity index (χ2v) is 9.17. The summed E-state index contributed by atoms with van der Waals surface area (Å²) in [5.74, 6) is 1.46. The summed E-state index contributed by atoms with van der Waals surface area (Å²) in [4.78, 5) is 15.1. The molecule has 4 fully saturated rings. The van der Waals surface area contributed by atoms with Crippen molar-refractivity contribution in [2.45, 2.75) is 93.6 Å². The quantitative estimate of drug-likeness (QED) is 0.830. The predicted octanol–water partition coefficient (Wildman–Crippen LogP) is 2.48. The summed E-state index contributed by atoms with van der Waals surface area (Å²) in [6.45, 7) is 1.07. The summed E-state index contributed by atoms with van der Waals surface area (Å²) in [5, 5.41) is 7.32. The highest BCUT2D eigenvalue weighted by Gasteiger charge is 2.42. The van der Waals surface area contributed by atoms with Crippen molar-refractivity contribution in [2.24, 2.45) is 0 Å². The Balaban J connectivity index is 1.29. The Morgan fingerprint density at radius 2 is 1.91 bits per heavy atom. The molecule has 2 saturated carbocycles. The van der Waals surface area contributed by atoms with Gasteiger partial charge in [0, 0.05) is 30.8 Å². The van der Waals surface area contributed by atoms with Gasteiger partial charge in [-0.2, -0.15) is 0 Å². The van der Waals surface area contributed by atoms with Crippen LogP contribution in [0.25, 0.3) is 0 Å². The molecular formula is C18H31N3OS. The summed E-state index contributed by atoms with van der Waals surface area (Å²) in [6.07, 6.45) is 12.8.